The van der Waals surface area contributed by atoms with Crippen molar-refractivity contribution in [2.24, 2.45) is 34.5 Å². The minimum absolute atomic E-state index is 0.0352. The highest BCUT2D eigenvalue weighted by Crippen LogP contribution is 2.65. The topological polar surface area (TPSA) is 34.1 Å². The average molecular weight is 300 g/mol. The Labute approximate surface area is 133 Å². The normalized spacial score (nSPS) is 51.0. The van der Waals surface area contributed by atoms with Gasteiger partial charge in [0.2, 0.25) is 0 Å². The van der Waals surface area contributed by atoms with Crippen molar-refractivity contribution in [3.63, 3.8) is 0 Å². The first kappa shape index (κ1) is 14.7. The molecule has 0 aliphatic heterocycles. The van der Waals surface area contributed by atoms with Gasteiger partial charge in [-0.15, -0.1) is 0 Å². The highest BCUT2D eigenvalue weighted by Gasteiger charge is 2.60. The summed E-state index contributed by atoms with van der Waals surface area (Å²) in [5.74, 6) is 3.28. The van der Waals surface area contributed by atoms with Crippen LogP contribution in [0.25, 0.3) is 0 Å². The van der Waals surface area contributed by atoms with E-state index in [0.29, 0.717) is 41.7 Å². The number of fused-ring (bicyclic) bond motifs is 5. The van der Waals surface area contributed by atoms with Crippen LogP contribution in [0.3, 0.4) is 0 Å². The van der Waals surface area contributed by atoms with Gasteiger partial charge in [0.15, 0.2) is 5.78 Å². The van der Waals surface area contributed by atoms with Crippen LogP contribution in [-0.4, -0.2) is 11.6 Å². The molecule has 0 spiro atoms. The Hall–Kier alpha value is -0.920. The minimum Gasteiger partial charge on any atom is -0.299 e. The second kappa shape index (κ2) is 4.55. The first-order valence-electron chi connectivity index (χ1n) is 9.14. The van der Waals surface area contributed by atoms with E-state index < -0.39 is 0 Å². The van der Waals surface area contributed by atoms with E-state index in [9.17, 15) is 9.59 Å². The molecule has 0 N–H and O–H groups in total. The van der Waals surface area contributed by atoms with Crippen LogP contribution < -0.4 is 0 Å². The summed E-state index contributed by atoms with van der Waals surface area (Å²) >= 11 is 0. The number of hydrogen-bond donors (Lipinski definition) is 0. The Morgan fingerprint density at radius 1 is 1.05 bits per heavy atom. The smallest absolute Gasteiger partial charge is 0.155 e. The Morgan fingerprint density at radius 3 is 2.59 bits per heavy atom. The van der Waals surface area contributed by atoms with E-state index >= 15 is 0 Å². The van der Waals surface area contributed by atoms with Crippen molar-refractivity contribution in [2.75, 3.05) is 0 Å². The average Bonchev–Trinajstić information content (AvgIpc) is 2.77. The Morgan fingerprint density at radius 2 is 1.82 bits per heavy atom. The first-order valence-corrected chi connectivity index (χ1v) is 9.14. The second-order valence-electron chi connectivity index (χ2n) is 8.86. The van der Waals surface area contributed by atoms with Gasteiger partial charge in [0.05, 0.1) is 0 Å². The summed E-state index contributed by atoms with van der Waals surface area (Å²) in [4.78, 5) is 24.4. The van der Waals surface area contributed by atoms with Gasteiger partial charge in [0.1, 0.15) is 5.78 Å². The largest absolute Gasteiger partial charge is 0.299 e. The lowest BCUT2D eigenvalue weighted by Gasteiger charge is -2.58. The molecule has 0 saturated heterocycles. The van der Waals surface area contributed by atoms with Gasteiger partial charge in [-0.05, 0) is 67.3 Å². The highest BCUT2D eigenvalue weighted by atomic mass is 16.1. The molecule has 5 unspecified atom stereocenters. The molecule has 2 nitrogen and oxygen atoms in total. The van der Waals surface area contributed by atoms with Crippen LogP contribution in [0.1, 0.15) is 65.7 Å². The first-order chi connectivity index (χ1) is 10.4. The zero-order valence-electron chi connectivity index (χ0n) is 14.2. The molecule has 3 saturated carbocycles. The molecule has 4 aliphatic carbocycles. The van der Waals surface area contributed by atoms with Crippen LogP contribution in [0.2, 0.25) is 0 Å². The molecule has 0 amide bonds. The third-order valence-corrected chi connectivity index (χ3v) is 8.22. The molecule has 4 rings (SSSR count). The molecule has 4 aliphatic rings. The van der Waals surface area contributed by atoms with Gasteiger partial charge in [-0.3, -0.25) is 9.59 Å². The number of Topliss-reactive ketones (excluding diaryl/α,β-unsaturated/α-hetero) is 1. The molecular weight excluding hydrogens is 272 g/mol. The van der Waals surface area contributed by atoms with E-state index in [2.05, 4.69) is 20.8 Å². The summed E-state index contributed by atoms with van der Waals surface area (Å²) in [5, 5.41) is 0. The van der Waals surface area contributed by atoms with E-state index in [1.54, 1.807) is 0 Å². The zero-order chi connectivity index (χ0) is 15.7. The van der Waals surface area contributed by atoms with Crippen LogP contribution in [0.5, 0.6) is 0 Å². The molecule has 0 radical (unpaired) electrons. The molecule has 0 bridgehead atoms. The van der Waals surface area contributed by atoms with Crippen molar-refractivity contribution >= 4 is 11.6 Å². The maximum atomic E-state index is 12.4. The van der Waals surface area contributed by atoms with Crippen LogP contribution in [-0.2, 0) is 9.59 Å². The summed E-state index contributed by atoms with van der Waals surface area (Å²) in [6, 6.07) is 0. The Kier molecular flexibility index (Phi) is 3.03. The zero-order valence-corrected chi connectivity index (χ0v) is 14.2. The fourth-order valence-electron chi connectivity index (χ4n) is 6.71. The van der Waals surface area contributed by atoms with Gasteiger partial charge in [-0.2, -0.15) is 0 Å². The summed E-state index contributed by atoms with van der Waals surface area (Å²) in [6.45, 7) is 6.94. The van der Waals surface area contributed by atoms with Crippen molar-refractivity contribution in [3.05, 3.63) is 11.6 Å². The summed E-state index contributed by atoms with van der Waals surface area (Å²) in [5.41, 5.74) is 1.58. The maximum absolute atomic E-state index is 12.4. The van der Waals surface area contributed by atoms with E-state index in [0.717, 1.165) is 25.7 Å². The molecule has 3 fully saturated rings. The molecule has 0 heterocycles. The molecular formula is C20H28O2. The number of hydrogen-bond acceptors (Lipinski definition) is 2. The molecule has 2 heteroatoms. The van der Waals surface area contributed by atoms with Gasteiger partial charge in [-0.1, -0.05) is 26.3 Å². The van der Waals surface area contributed by atoms with Gasteiger partial charge >= 0.3 is 0 Å². The van der Waals surface area contributed by atoms with E-state index in [4.69, 9.17) is 0 Å². The SMILES string of the molecule is C[C@H]1CC(=O)C=C2CCC3C4CCC(=O)C4(C)CCC3C21C. The highest BCUT2D eigenvalue weighted by molar-refractivity contribution is 5.92. The third-order valence-electron chi connectivity index (χ3n) is 8.22. The fraction of sp³-hybridized carbons (Fsp3) is 0.800. The standard InChI is InChI=1S/C20H28O2/c1-12-10-14(21)11-13-4-5-15-16-6-7-18(22)19(16,2)9-8-17(15)20(12,13)3/h11-12,15-17H,4-10H2,1-3H3/t12-,15?,16?,17?,19?,20?/m0/s1. The van der Waals surface area contributed by atoms with Crippen molar-refractivity contribution < 1.29 is 9.59 Å². The predicted octanol–water partition coefficient (Wildman–Crippen LogP) is 4.33. The predicted molar refractivity (Wildman–Crippen MR) is 86.3 cm³/mol. The molecule has 120 valence electrons. The maximum Gasteiger partial charge on any atom is 0.155 e. The van der Waals surface area contributed by atoms with Crippen LogP contribution in [0.15, 0.2) is 11.6 Å². The number of rotatable bonds is 0. The van der Waals surface area contributed by atoms with Crippen molar-refractivity contribution in [3.8, 4) is 0 Å². The van der Waals surface area contributed by atoms with E-state index in [1.807, 2.05) is 6.08 Å². The van der Waals surface area contributed by atoms with E-state index in [1.165, 1.54) is 18.4 Å². The number of ketones is 2. The van der Waals surface area contributed by atoms with Crippen molar-refractivity contribution in [2.45, 2.75) is 65.7 Å². The Bertz CT molecular complexity index is 574. The fourth-order valence-corrected chi connectivity index (χ4v) is 6.71. The molecule has 0 aromatic heterocycles. The van der Waals surface area contributed by atoms with Crippen molar-refractivity contribution in [1.82, 2.24) is 0 Å². The third kappa shape index (κ3) is 1.67. The lowest BCUT2D eigenvalue weighted by atomic mass is 9.45. The van der Waals surface area contributed by atoms with Gasteiger partial charge in [-0.25, -0.2) is 0 Å². The summed E-state index contributed by atoms with van der Waals surface area (Å²) in [6.07, 6.45) is 9.12. The number of carbonyl (C=O) groups excluding carboxylic acids is 2. The Balaban J connectivity index is 1.73. The van der Waals surface area contributed by atoms with Gasteiger partial charge in [0.25, 0.3) is 0 Å². The van der Waals surface area contributed by atoms with Gasteiger partial charge < -0.3 is 0 Å². The monoisotopic (exact) mass is 300 g/mol. The second-order valence-corrected chi connectivity index (χ2v) is 8.86. The number of allylic oxidation sites excluding steroid dienone is 1. The summed E-state index contributed by atoms with van der Waals surface area (Å²) < 4.78 is 0. The van der Waals surface area contributed by atoms with Gasteiger partial charge in [0, 0.05) is 18.3 Å². The molecule has 6 atom stereocenters. The van der Waals surface area contributed by atoms with Crippen molar-refractivity contribution in [1.29, 1.82) is 0 Å². The lowest BCUT2D eigenvalue weighted by molar-refractivity contribution is -0.133. The van der Waals surface area contributed by atoms with Crippen LogP contribution in [0.4, 0.5) is 0 Å². The quantitative estimate of drug-likeness (QED) is 0.667. The molecule has 22 heavy (non-hydrogen) atoms. The molecule has 0 aromatic carbocycles. The number of carbonyl (C=O) groups is 2. The van der Waals surface area contributed by atoms with E-state index in [-0.39, 0.29) is 10.8 Å². The van der Waals surface area contributed by atoms with Crippen LogP contribution in [0, 0.1) is 34.5 Å². The molecule has 0 aromatic rings. The summed E-state index contributed by atoms with van der Waals surface area (Å²) in [7, 11) is 0. The lowest BCUT2D eigenvalue weighted by Crippen LogP contribution is -2.53. The minimum atomic E-state index is -0.0352. The van der Waals surface area contributed by atoms with Crippen LogP contribution >= 0.6 is 0 Å².